The van der Waals surface area contributed by atoms with Gasteiger partial charge in [-0.3, -0.25) is 0 Å². The summed E-state index contributed by atoms with van der Waals surface area (Å²) in [7, 11) is -1.39. The minimum absolute atomic E-state index is 0.358. The highest BCUT2D eigenvalue weighted by atomic mass is 28.3. The van der Waals surface area contributed by atoms with Crippen molar-refractivity contribution in [3.8, 4) is 0 Å². The van der Waals surface area contributed by atoms with Crippen LogP contribution >= 0.6 is 0 Å². The number of ether oxygens (including phenoxy) is 1. The predicted molar refractivity (Wildman–Crippen MR) is 96.5 cm³/mol. The smallest absolute Gasteiger partial charge is 0.407 e. The van der Waals surface area contributed by atoms with Gasteiger partial charge in [-0.25, -0.2) is 4.79 Å². The fourth-order valence-electron chi connectivity index (χ4n) is 2.22. The van der Waals surface area contributed by atoms with E-state index in [9.17, 15) is 4.79 Å². The summed E-state index contributed by atoms with van der Waals surface area (Å²) in [6, 6.07) is 9.84. The largest absolute Gasteiger partial charge is 0.444 e. The van der Waals surface area contributed by atoms with Gasteiger partial charge in [0.05, 0.1) is 8.07 Å². The van der Waals surface area contributed by atoms with Gasteiger partial charge >= 0.3 is 6.09 Å². The van der Waals surface area contributed by atoms with Crippen LogP contribution in [0, 0.1) is 0 Å². The molecule has 1 aromatic rings. The zero-order chi connectivity index (χ0) is 16.8. The van der Waals surface area contributed by atoms with Crippen molar-refractivity contribution >= 4 is 19.4 Å². The number of carbonyl (C=O) groups is 1. The number of amides is 1. The van der Waals surface area contributed by atoms with Crippen LogP contribution in [0.15, 0.2) is 36.9 Å². The Morgan fingerprint density at radius 3 is 2.36 bits per heavy atom. The van der Waals surface area contributed by atoms with Crippen LogP contribution in [-0.4, -0.2) is 26.3 Å². The van der Waals surface area contributed by atoms with Gasteiger partial charge in [-0.15, -0.1) is 6.58 Å². The molecule has 1 amide bonds. The van der Waals surface area contributed by atoms with Gasteiger partial charge in [-0.1, -0.05) is 48.6 Å². The summed E-state index contributed by atoms with van der Waals surface area (Å²) in [6.07, 6.45) is 2.47. The highest BCUT2D eigenvalue weighted by Gasteiger charge is 2.21. The molecule has 122 valence electrons. The average Bonchev–Trinajstić information content (AvgIpc) is 2.37. The van der Waals surface area contributed by atoms with E-state index in [1.165, 1.54) is 10.8 Å². The highest BCUT2D eigenvalue weighted by Crippen LogP contribution is 2.11. The van der Waals surface area contributed by atoms with Crippen LogP contribution in [0.4, 0.5) is 4.79 Å². The Morgan fingerprint density at radius 1 is 1.27 bits per heavy atom. The van der Waals surface area contributed by atoms with Crippen LogP contribution in [0.5, 0.6) is 0 Å². The third-order valence-corrected chi connectivity index (χ3v) is 6.68. The number of allylic oxidation sites excluding steroid dienone is 1. The quantitative estimate of drug-likeness (QED) is 0.639. The van der Waals surface area contributed by atoms with Crippen molar-refractivity contribution in [1.82, 2.24) is 5.32 Å². The molecule has 4 heteroatoms. The molecule has 0 atom stereocenters. The first-order valence-corrected chi connectivity index (χ1v) is 11.0. The molecule has 22 heavy (non-hydrogen) atoms. The van der Waals surface area contributed by atoms with E-state index < -0.39 is 13.7 Å². The lowest BCUT2D eigenvalue weighted by atomic mass is 10.1. The van der Waals surface area contributed by atoms with Crippen LogP contribution in [0.1, 0.15) is 26.3 Å². The summed E-state index contributed by atoms with van der Waals surface area (Å²) in [5, 5.41) is 4.23. The molecule has 0 aliphatic rings. The zero-order valence-corrected chi connectivity index (χ0v) is 15.5. The van der Waals surface area contributed by atoms with Gasteiger partial charge in [0.2, 0.25) is 0 Å². The molecule has 0 spiro atoms. The van der Waals surface area contributed by atoms with Crippen LogP contribution < -0.4 is 10.5 Å². The van der Waals surface area contributed by atoms with E-state index in [2.05, 4.69) is 49.3 Å². The zero-order valence-electron chi connectivity index (χ0n) is 14.5. The molecule has 0 saturated carbocycles. The second-order valence-electron chi connectivity index (χ2n) is 7.25. The second-order valence-corrected chi connectivity index (χ2v) is 12.0. The van der Waals surface area contributed by atoms with E-state index in [1.54, 1.807) is 0 Å². The number of carbonyl (C=O) groups excluding carboxylic acids is 1. The molecule has 0 radical (unpaired) electrons. The fourth-order valence-corrected chi connectivity index (χ4v) is 4.25. The molecule has 0 unspecified atom stereocenters. The lowest BCUT2D eigenvalue weighted by Gasteiger charge is -2.21. The van der Waals surface area contributed by atoms with E-state index in [0.717, 1.165) is 12.5 Å². The lowest BCUT2D eigenvalue weighted by molar-refractivity contribution is 0.0528. The fraction of sp³-hybridized carbons (Fsp3) is 0.500. The number of alkyl carbamates (subject to hydrolysis) is 1. The Morgan fingerprint density at radius 2 is 1.86 bits per heavy atom. The summed E-state index contributed by atoms with van der Waals surface area (Å²) in [6.45, 7) is 14.7. The molecule has 0 aliphatic heterocycles. The standard InChI is InChI=1S/C18H29NO2Si/c1-7-14-22(5,6)16-10-8-15(9-11-16)12-13-19-17(20)21-18(2,3)4/h7-11H,1,12-14H2,2-6H3,(H,19,20). The maximum atomic E-state index is 11.6. The summed E-state index contributed by atoms with van der Waals surface area (Å²) >= 11 is 0. The van der Waals surface area contributed by atoms with E-state index in [4.69, 9.17) is 4.74 Å². The maximum Gasteiger partial charge on any atom is 0.407 e. The molecular weight excluding hydrogens is 290 g/mol. The second kappa shape index (κ2) is 7.63. The van der Waals surface area contributed by atoms with E-state index in [1.807, 2.05) is 26.8 Å². The first kappa shape index (κ1) is 18.5. The van der Waals surface area contributed by atoms with Gasteiger partial charge in [0, 0.05) is 6.54 Å². The molecule has 0 bridgehead atoms. The van der Waals surface area contributed by atoms with Crippen molar-refractivity contribution in [2.24, 2.45) is 0 Å². The third kappa shape index (κ3) is 6.48. The summed E-state index contributed by atoms with van der Waals surface area (Å²) < 4.78 is 5.21. The van der Waals surface area contributed by atoms with Crippen molar-refractivity contribution in [2.45, 2.75) is 51.9 Å². The highest BCUT2D eigenvalue weighted by molar-refractivity contribution is 6.90. The summed E-state index contributed by atoms with van der Waals surface area (Å²) in [5.74, 6) is 0. The first-order chi connectivity index (χ1) is 10.1. The van der Waals surface area contributed by atoms with Crippen molar-refractivity contribution in [2.75, 3.05) is 6.54 Å². The molecule has 0 saturated heterocycles. The van der Waals surface area contributed by atoms with Crippen molar-refractivity contribution in [1.29, 1.82) is 0 Å². The molecular formula is C18H29NO2Si. The van der Waals surface area contributed by atoms with Crippen molar-refractivity contribution < 1.29 is 9.53 Å². The molecule has 0 heterocycles. The molecule has 0 aliphatic carbocycles. The van der Waals surface area contributed by atoms with Gasteiger partial charge < -0.3 is 10.1 Å². The maximum absolute atomic E-state index is 11.6. The van der Waals surface area contributed by atoms with Crippen LogP contribution in [0.25, 0.3) is 0 Å². The van der Waals surface area contributed by atoms with E-state index in [-0.39, 0.29) is 6.09 Å². The Kier molecular flexibility index (Phi) is 6.42. The summed E-state index contributed by atoms with van der Waals surface area (Å²) in [5.41, 5.74) is 0.774. The van der Waals surface area contributed by atoms with Crippen LogP contribution in [0.2, 0.25) is 19.1 Å². The van der Waals surface area contributed by atoms with Gasteiger partial charge in [0.25, 0.3) is 0 Å². The van der Waals surface area contributed by atoms with Crippen LogP contribution in [0.3, 0.4) is 0 Å². The third-order valence-electron chi connectivity index (χ3n) is 3.47. The number of nitrogens with one attached hydrogen (secondary N) is 1. The molecule has 1 N–H and O–H groups in total. The first-order valence-electron chi connectivity index (χ1n) is 7.81. The molecule has 1 rings (SSSR count). The topological polar surface area (TPSA) is 38.3 Å². The number of rotatable bonds is 6. The van der Waals surface area contributed by atoms with Crippen molar-refractivity contribution in [3.63, 3.8) is 0 Å². The number of benzene rings is 1. The monoisotopic (exact) mass is 319 g/mol. The Bertz CT molecular complexity index is 501. The molecule has 0 fully saturated rings. The SMILES string of the molecule is C=CC[Si](C)(C)c1ccc(CCNC(=O)OC(C)(C)C)cc1. The number of hydrogen-bond acceptors (Lipinski definition) is 2. The minimum atomic E-state index is -1.39. The summed E-state index contributed by atoms with van der Waals surface area (Å²) in [4.78, 5) is 11.6. The molecule has 3 nitrogen and oxygen atoms in total. The van der Waals surface area contributed by atoms with E-state index in [0.29, 0.717) is 6.54 Å². The average molecular weight is 320 g/mol. The Hall–Kier alpha value is -1.55. The van der Waals surface area contributed by atoms with Gasteiger partial charge in [0.15, 0.2) is 0 Å². The minimum Gasteiger partial charge on any atom is -0.444 e. The molecule has 0 aromatic heterocycles. The normalized spacial score (nSPS) is 11.9. The van der Waals surface area contributed by atoms with E-state index >= 15 is 0 Å². The van der Waals surface area contributed by atoms with Gasteiger partial charge in [0.1, 0.15) is 5.60 Å². The molecule has 1 aromatic carbocycles. The van der Waals surface area contributed by atoms with Gasteiger partial charge in [-0.05, 0) is 38.8 Å². The van der Waals surface area contributed by atoms with Crippen molar-refractivity contribution in [3.05, 3.63) is 42.5 Å². The van der Waals surface area contributed by atoms with Gasteiger partial charge in [-0.2, -0.15) is 0 Å². The Balaban J connectivity index is 2.48. The number of hydrogen-bond donors (Lipinski definition) is 1. The van der Waals surface area contributed by atoms with Crippen LogP contribution in [-0.2, 0) is 11.2 Å². The predicted octanol–water partition coefficient (Wildman–Crippen LogP) is 3.86. The Labute approximate surface area is 135 Å². The lowest BCUT2D eigenvalue weighted by Crippen LogP contribution is -2.40.